The number of ketones is 2. The van der Waals surface area contributed by atoms with Crippen LogP contribution < -0.4 is 0 Å². The molecule has 0 aliphatic heterocycles. The molecule has 0 spiro atoms. The molecule has 24 heavy (non-hydrogen) atoms. The van der Waals surface area contributed by atoms with Gasteiger partial charge in [0, 0.05) is 12.3 Å². The van der Waals surface area contributed by atoms with E-state index in [1.807, 2.05) is 6.08 Å². The molecule has 0 aromatic carbocycles. The molecule has 3 heteroatoms. The quantitative estimate of drug-likeness (QED) is 0.699. The van der Waals surface area contributed by atoms with Gasteiger partial charge >= 0.3 is 0 Å². The molecule has 4 aliphatic carbocycles. The van der Waals surface area contributed by atoms with Crippen molar-refractivity contribution in [3.05, 3.63) is 11.6 Å². The maximum atomic E-state index is 15.1. The average molecular weight is 332 g/mol. The van der Waals surface area contributed by atoms with E-state index in [0.29, 0.717) is 24.7 Å². The lowest BCUT2D eigenvalue weighted by Gasteiger charge is -2.58. The molecule has 0 amide bonds. The second kappa shape index (κ2) is 5.25. The number of carbonyl (C=O) groups is 2. The lowest BCUT2D eigenvalue weighted by Crippen LogP contribution is -2.52. The van der Waals surface area contributed by atoms with E-state index in [0.717, 1.165) is 32.1 Å². The van der Waals surface area contributed by atoms with Gasteiger partial charge in [0.05, 0.1) is 0 Å². The Morgan fingerprint density at radius 2 is 1.96 bits per heavy atom. The van der Waals surface area contributed by atoms with Crippen LogP contribution in [0, 0.1) is 34.5 Å². The number of alkyl halides is 1. The largest absolute Gasteiger partial charge is 0.300 e. The van der Waals surface area contributed by atoms with Crippen LogP contribution in [0.5, 0.6) is 0 Å². The van der Waals surface area contributed by atoms with Crippen LogP contribution in [0.15, 0.2) is 11.6 Å². The first-order valence-corrected chi connectivity index (χ1v) is 9.66. The van der Waals surface area contributed by atoms with Crippen molar-refractivity contribution in [1.82, 2.24) is 0 Å². The lowest BCUT2D eigenvalue weighted by atomic mass is 9.46. The van der Waals surface area contributed by atoms with Crippen LogP contribution in [0.4, 0.5) is 4.39 Å². The summed E-state index contributed by atoms with van der Waals surface area (Å²) >= 11 is 0. The SMILES string of the molecule is CC(=O)[C@H]1C[C@@H](F)[C@H]2[C@@H]3CCC4=CC(=O)CC[C@]4(C)[C@H]3CC[C@@]21C. The first-order chi connectivity index (χ1) is 11.3. The van der Waals surface area contributed by atoms with Crippen molar-refractivity contribution < 1.29 is 14.0 Å². The van der Waals surface area contributed by atoms with E-state index in [2.05, 4.69) is 13.8 Å². The van der Waals surface area contributed by atoms with Gasteiger partial charge in [0.2, 0.25) is 0 Å². The van der Waals surface area contributed by atoms with Gasteiger partial charge < -0.3 is 0 Å². The van der Waals surface area contributed by atoms with Crippen LogP contribution >= 0.6 is 0 Å². The van der Waals surface area contributed by atoms with Crippen molar-refractivity contribution in [3.63, 3.8) is 0 Å². The molecule has 3 saturated carbocycles. The smallest absolute Gasteiger partial charge is 0.155 e. The molecule has 0 radical (unpaired) electrons. The highest BCUT2D eigenvalue weighted by Crippen LogP contribution is 2.67. The molecular formula is C21H29FO2. The molecule has 2 nitrogen and oxygen atoms in total. The van der Waals surface area contributed by atoms with Crippen molar-refractivity contribution in [2.75, 3.05) is 0 Å². The number of carbonyl (C=O) groups excluding carboxylic acids is 2. The zero-order chi connectivity index (χ0) is 17.3. The Labute approximate surface area is 144 Å². The summed E-state index contributed by atoms with van der Waals surface area (Å²) in [5, 5.41) is 0. The number of fused-ring (bicyclic) bond motifs is 5. The topological polar surface area (TPSA) is 34.1 Å². The fraction of sp³-hybridized carbons (Fsp3) is 0.810. The molecule has 0 heterocycles. The highest BCUT2D eigenvalue weighted by atomic mass is 19.1. The summed E-state index contributed by atoms with van der Waals surface area (Å²) in [4.78, 5) is 24.0. The number of Topliss-reactive ketones (excluding diaryl/α,β-unsaturated/α-hetero) is 1. The van der Waals surface area contributed by atoms with Gasteiger partial charge in [0.25, 0.3) is 0 Å². The predicted molar refractivity (Wildman–Crippen MR) is 91.2 cm³/mol. The Kier molecular flexibility index (Phi) is 3.61. The minimum atomic E-state index is -0.837. The van der Waals surface area contributed by atoms with Gasteiger partial charge in [-0.25, -0.2) is 4.39 Å². The van der Waals surface area contributed by atoms with E-state index in [1.54, 1.807) is 6.92 Å². The summed E-state index contributed by atoms with van der Waals surface area (Å²) in [5.74, 6) is 1.22. The number of rotatable bonds is 1. The fourth-order valence-electron chi connectivity index (χ4n) is 7.20. The maximum absolute atomic E-state index is 15.1. The third kappa shape index (κ3) is 2.05. The van der Waals surface area contributed by atoms with E-state index in [9.17, 15) is 9.59 Å². The van der Waals surface area contributed by atoms with Crippen molar-refractivity contribution >= 4 is 11.6 Å². The molecule has 7 atom stereocenters. The number of halogens is 1. The van der Waals surface area contributed by atoms with Gasteiger partial charge in [-0.15, -0.1) is 0 Å². The van der Waals surface area contributed by atoms with Gasteiger partial charge in [-0.1, -0.05) is 19.4 Å². The highest BCUT2D eigenvalue weighted by Gasteiger charge is 2.63. The maximum Gasteiger partial charge on any atom is 0.155 e. The minimum absolute atomic E-state index is 0.0288. The number of hydrogen-bond acceptors (Lipinski definition) is 2. The second-order valence-corrected chi connectivity index (χ2v) is 9.35. The summed E-state index contributed by atoms with van der Waals surface area (Å²) < 4.78 is 15.1. The van der Waals surface area contributed by atoms with Gasteiger partial charge in [0.15, 0.2) is 5.78 Å². The molecule has 132 valence electrons. The summed E-state index contributed by atoms with van der Waals surface area (Å²) in [6, 6.07) is 0. The van der Waals surface area contributed by atoms with Gasteiger partial charge in [0.1, 0.15) is 12.0 Å². The van der Waals surface area contributed by atoms with E-state index in [-0.39, 0.29) is 34.2 Å². The van der Waals surface area contributed by atoms with Gasteiger partial charge in [-0.2, -0.15) is 0 Å². The second-order valence-electron chi connectivity index (χ2n) is 9.35. The molecule has 0 unspecified atom stereocenters. The van der Waals surface area contributed by atoms with E-state index in [1.165, 1.54) is 5.57 Å². The molecule has 0 aromatic rings. The standard InChI is InChI=1S/C21H29FO2/c1-12(23)17-11-18(22)19-15-5-4-13-10-14(24)6-8-20(13,2)16(15)7-9-21(17,19)3/h10,15-19H,4-9,11H2,1-3H3/t15-,16+,17-,18-,19-,20+,21-/m1/s1. The zero-order valence-corrected chi connectivity index (χ0v) is 15.1. The van der Waals surface area contributed by atoms with Crippen molar-refractivity contribution in [3.8, 4) is 0 Å². The third-order valence-corrected chi connectivity index (χ3v) is 8.40. The summed E-state index contributed by atoms with van der Waals surface area (Å²) in [7, 11) is 0. The van der Waals surface area contributed by atoms with E-state index >= 15 is 4.39 Å². The van der Waals surface area contributed by atoms with Gasteiger partial charge in [-0.05, 0) is 80.1 Å². The van der Waals surface area contributed by atoms with Crippen LogP contribution in [0.2, 0.25) is 0 Å². The normalized spacial score (nSPS) is 50.6. The zero-order valence-electron chi connectivity index (χ0n) is 15.1. The molecular weight excluding hydrogens is 303 g/mol. The third-order valence-electron chi connectivity index (χ3n) is 8.40. The van der Waals surface area contributed by atoms with Crippen LogP contribution in [-0.4, -0.2) is 17.7 Å². The van der Waals surface area contributed by atoms with E-state index < -0.39 is 6.17 Å². The first-order valence-electron chi connectivity index (χ1n) is 9.66. The average Bonchev–Trinajstić information content (AvgIpc) is 2.80. The summed E-state index contributed by atoms with van der Waals surface area (Å²) in [6.45, 7) is 6.14. The Hall–Kier alpha value is -0.990. The molecule has 0 bridgehead atoms. The molecule has 0 saturated heterocycles. The molecule has 0 aromatic heterocycles. The minimum Gasteiger partial charge on any atom is -0.300 e. The molecule has 4 rings (SSSR count). The summed E-state index contributed by atoms with van der Waals surface area (Å²) in [6.07, 6.45) is 7.02. The van der Waals surface area contributed by atoms with Crippen LogP contribution in [-0.2, 0) is 9.59 Å². The van der Waals surface area contributed by atoms with Crippen LogP contribution in [0.3, 0.4) is 0 Å². The number of hydrogen-bond donors (Lipinski definition) is 0. The lowest BCUT2D eigenvalue weighted by molar-refractivity contribution is -0.129. The monoisotopic (exact) mass is 332 g/mol. The van der Waals surface area contributed by atoms with Crippen LogP contribution in [0.25, 0.3) is 0 Å². The van der Waals surface area contributed by atoms with Crippen molar-refractivity contribution in [2.45, 2.75) is 71.9 Å². The van der Waals surface area contributed by atoms with Crippen molar-refractivity contribution in [2.24, 2.45) is 34.5 Å². The van der Waals surface area contributed by atoms with Crippen LogP contribution in [0.1, 0.15) is 65.7 Å². The predicted octanol–water partition coefficient (Wildman–Crippen LogP) is 4.67. The molecule has 3 fully saturated rings. The molecule has 4 aliphatic rings. The summed E-state index contributed by atoms with van der Waals surface area (Å²) in [5.41, 5.74) is 1.24. The Bertz CT molecular complexity index is 623. The Morgan fingerprint density at radius 1 is 1.21 bits per heavy atom. The Balaban J connectivity index is 1.70. The number of allylic oxidation sites excluding steroid dienone is 1. The molecule has 0 N–H and O–H groups in total. The fourth-order valence-corrected chi connectivity index (χ4v) is 7.20. The van der Waals surface area contributed by atoms with Gasteiger partial charge in [-0.3, -0.25) is 9.59 Å². The first kappa shape index (κ1) is 16.5. The van der Waals surface area contributed by atoms with E-state index in [4.69, 9.17) is 0 Å². The van der Waals surface area contributed by atoms with Crippen molar-refractivity contribution in [1.29, 1.82) is 0 Å². The highest BCUT2D eigenvalue weighted by molar-refractivity contribution is 5.91. The Morgan fingerprint density at radius 3 is 2.67 bits per heavy atom.